The maximum Gasteiger partial charge on any atom is 0.324 e. The highest BCUT2D eigenvalue weighted by atomic mass is 35.5. The molecule has 31 heavy (non-hydrogen) atoms. The topological polar surface area (TPSA) is 61.9 Å². The fraction of sp³-hybridized carbons (Fsp3) is 0.167. The molecule has 2 heterocycles. The standard InChI is InChI=1S/C24H20ClN3O3/c1-31-19-12-10-18(11-13-19)26-23(30)28-15-14-27-22(29)20-4-2-3-5-21(20)24(27,28)16-6-8-17(25)9-7-16/h2-13H,14-15H2,1H3,(H,26,30). The number of carbonyl (C=O) groups is 2. The van der Waals surface area contributed by atoms with Gasteiger partial charge in [0.1, 0.15) is 5.75 Å². The first kappa shape index (κ1) is 19.5. The summed E-state index contributed by atoms with van der Waals surface area (Å²) in [6.45, 7) is 0.844. The Balaban J connectivity index is 1.61. The molecule has 0 bridgehead atoms. The molecule has 1 atom stereocenters. The van der Waals surface area contributed by atoms with E-state index in [2.05, 4.69) is 5.32 Å². The largest absolute Gasteiger partial charge is 0.497 e. The number of nitrogens with one attached hydrogen (secondary N) is 1. The summed E-state index contributed by atoms with van der Waals surface area (Å²) in [4.78, 5) is 30.2. The van der Waals surface area contributed by atoms with Crippen molar-refractivity contribution in [1.82, 2.24) is 9.80 Å². The van der Waals surface area contributed by atoms with Crippen LogP contribution in [0.1, 0.15) is 21.5 Å². The molecule has 3 amide bonds. The van der Waals surface area contributed by atoms with Crippen molar-refractivity contribution in [3.63, 3.8) is 0 Å². The molecule has 0 aliphatic carbocycles. The molecule has 2 aliphatic rings. The number of nitrogens with zero attached hydrogens (tertiary/aromatic N) is 2. The molecule has 0 aromatic heterocycles. The Labute approximate surface area is 185 Å². The third kappa shape index (κ3) is 2.86. The van der Waals surface area contributed by atoms with Gasteiger partial charge >= 0.3 is 6.03 Å². The van der Waals surface area contributed by atoms with E-state index < -0.39 is 5.66 Å². The van der Waals surface area contributed by atoms with Crippen LogP contribution in [-0.4, -0.2) is 41.9 Å². The first-order chi connectivity index (χ1) is 15.1. The molecule has 0 radical (unpaired) electrons. The van der Waals surface area contributed by atoms with Gasteiger partial charge in [0.25, 0.3) is 5.91 Å². The van der Waals surface area contributed by atoms with Crippen LogP contribution < -0.4 is 10.1 Å². The number of anilines is 1. The highest BCUT2D eigenvalue weighted by molar-refractivity contribution is 6.30. The van der Waals surface area contributed by atoms with E-state index in [0.717, 1.165) is 11.1 Å². The van der Waals surface area contributed by atoms with Crippen LogP contribution in [0.15, 0.2) is 72.8 Å². The molecule has 1 N–H and O–H groups in total. The highest BCUT2D eigenvalue weighted by Crippen LogP contribution is 2.49. The number of fused-ring (bicyclic) bond motifs is 3. The third-order valence-electron chi connectivity index (χ3n) is 5.94. The molecule has 0 saturated carbocycles. The minimum atomic E-state index is -1.02. The van der Waals surface area contributed by atoms with Crippen molar-refractivity contribution in [2.75, 3.05) is 25.5 Å². The van der Waals surface area contributed by atoms with E-state index in [1.165, 1.54) is 0 Å². The summed E-state index contributed by atoms with van der Waals surface area (Å²) in [6, 6.07) is 21.7. The summed E-state index contributed by atoms with van der Waals surface area (Å²) >= 11 is 6.14. The van der Waals surface area contributed by atoms with Crippen molar-refractivity contribution in [3.8, 4) is 5.75 Å². The monoisotopic (exact) mass is 433 g/mol. The maximum atomic E-state index is 13.5. The van der Waals surface area contributed by atoms with Crippen LogP contribution in [0.25, 0.3) is 0 Å². The van der Waals surface area contributed by atoms with Crippen molar-refractivity contribution in [2.24, 2.45) is 0 Å². The zero-order chi connectivity index (χ0) is 21.6. The maximum absolute atomic E-state index is 13.5. The summed E-state index contributed by atoms with van der Waals surface area (Å²) in [6.07, 6.45) is 0. The fourth-order valence-corrected chi connectivity index (χ4v) is 4.72. The van der Waals surface area contributed by atoms with Gasteiger partial charge in [0.2, 0.25) is 0 Å². The van der Waals surface area contributed by atoms with E-state index >= 15 is 0 Å². The van der Waals surface area contributed by atoms with Gasteiger partial charge in [-0.2, -0.15) is 0 Å². The van der Waals surface area contributed by atoms with Crippen molar-refractivity contribution in [2.45, 2.75) is 5.66 Å². The van der Waals surface area contributed by atoms with Gasteiger partial charge in [-0.15, -0.1) is 0 Å². The number of methoxy groups -OCH3 is 1. The summed E-state index contributed by atoms with van der Waals surface area (Å²) in [5.74, 6) is 0.628. The zero-order valence-electron chi connectivity index (χ0n) is 16.8. The van der Waals surface area contributed by atoms with Gasteiger partial charge in [0.15, 0.2) is 5.66 Å². The molecule has 2 aliphatic heterocycles. The van der Waals surface area contributed by atoms with Gasteiger partial charge in [-0.3, -0.25) is 9.69 Å². The van der Waals surface area contributed by atoms with Crippen molar-refractivity contribution >= 4 is 29.2 Å². The molecule has 1 saturated heterocycles. The lowest BCUT2D eigenvalue weighted by molar-refractivity contribution is 0.0560. The number of benzene rings is 3. The Morgan fingerprint density at radius 1 is 1.00 bits per heavy atom. The molecule has 3 aromatic carbocycles. The van der Waals surface area contributed by atoms with Crippen LogP contribution in [0, 0.1) is 0 Å². The van der Waals surface area contributed by atoms with Gasteiger partial charge in [0, 0.05) is 40.5 Å². The van der Waals surface area contributed by atoms with E-state index in [1.807, 2.05) is 36.4 Å². The highest BCUT2D eigenvalue weighted by Gasteiger charge is 2.59. The van der Waals surface area contributed by atoms with E-state index in [1.54, 1.807) is 53.3 Å². The lowest BCUT2D eigenvalue weighted by Crippen LogP contribution is -2.52. The number of halogens is 1. The Morgan fingerprint density at radius 2 is 1.71 bits per heavy atom. The first-order valence-electron chi connectivity index (χ1n) is 9.96. The smallest absolute Gasteiger partial charge is 0.324 e. The summed E-state index contributed by atoms with van der Waals surface area (Å²) < 4.78 is 5.19. The molecular weight excluding hydrogens is 414 g/mol. The second-order valence-electron chi connectivity index (χ2n) is 7.49. The van der Waals surface area contributed by atoms with Crippen LogP contribution >= 0.6 is 11.6 Å². The Bertz CT molecular complexity index is 1160. The second-order valence-corrected chi connectivity index (χ2v) is 7.93. The Morgan fingerprint density at radius 3 is 2.42 bits per heavy atom. The van der Waals surface area contributed by atoms with E-state index in [-0.39, 0.29) is 11.9 Å². The molecule has 3 aromatic rings. The summed E-state index contributed by atoms with van der Waals surface area (Å²) in [5, 5.41) is 3.56. The molecule has 1 fully saturated rings. The van der Waals surface area contributed by atoms with Crippen LogP contribution in [0.2, 0.25) is 5.02 Å². The zero-order valence-corrected chi connectivity index (χ0v) is 17.6. The molecule has 5 rings (SSSR count). The number of carbonyl (C=O) groups excluding carboxylic acids is 2. The number of rotatable bonds is 3. The Kier molecular flexibility index (Phi) is 4.59. The van der Waals surface area contributed by atoms with Crippen LogP contribution in [-0.2, 0) is 5.66 Å². The van der Waals surface area contributed by atoms with Gasteiger partial charge in [-0.05, 0) is 42.5 Å². The van der Waals surface area contributed by atoms with Gasteiger partial charge in [-0.25, -0.2) is 4.79 Å². The predicted octanol–water partition coefficient (Wildman–Crippen LogP) is 4.55. The van der Waals surface area contributed by atoms with E-state index in [0.29, 0.717) is 35.1 Å². The first-order valence-corrected chi connectivity index (χ1v) is 10.3. The minimum Gasteiger partial charge on any atom is -0.497 e. The number of hydrogen-bond acceptors (Lipinski definition) is 3. The number of urea groups is 1. The molecule has 156 valence electrons. The second kappa shape index (κ2) is 7.32. The number of hydrogen-bond donors (Lipinski definition) is 1. The number of amides is 3. The average Bonchev–Trinajstić information content (AvgIpc) is 3.31. The van der Waals surface area contributed by atoms with Gasteiger partial charge in [-0.1, -0.05) is 41.9 Å². The summed E-state index contributed by atoms with van der Waals surface area (Å²) in [5.41, 5.74) is 1.85. The normalized spacial score (nSPS) is 19.2. The van der Waals surface area contributed by atoms with Crippen LogP contribution in [0.4, 0.5) is 10.5 Å². The van der Waals surface area contributed by atoms with E-state index in [9.17, 15) is 9.59 Å². The molecular formula is C24H20ClN3O3. The van der Waals surface area contributed by atoms with E-state index in [4.69, 9.17) is 16.3 Å². The van der Waals surface area contributed by atoms with Crippen molar-refractivity contribution in [3.05, 3.63) is 94.5 Å². The van der Waals surface area contributed by atoms with Crippen molar-refractivity contribution in [1.29, 1.82) is 0 Å². The fourth-order valence-electron chi connectivity index (χ4n) is 4.59. The molecule has 6 nitrogen and oxygen atoms in total. The predicted molar refractivity (Wildman–Crippen MR) is 118 cm³/mol. The van der Waals surface area contributed by atoms with Gasteiger partial charge in [0.05, 0.1) is 7.11 Å². The molecule has 7 heteroatoms. The van der Waals surface area contributed by atoms with Crippen LogP contribution in [0.5, 0.6) is 5.75 Å². The quantitative estimate of drug-likeness (QED) is 0.659. The average molecular weight is 434 g/mol. The van der Waals surface area contributed by atoms with Crippen LogP contribution in [0.3, 0.4) is 0 Å². The minimum absolute atomic E-state index is 0.0784. The SMILES string of the molecule is COc1ccc(NC(=O)N2CCN3C(=O)c4ccccc4C23c2ccc(Cl)cc2)cc1. The molecule has 1 unspecified atom stereocenters. The molecule has 0 spiro atoms. The lowest BCUT2D eigenvalue weighted by atomic mass is 9.90. The van der Waals surface area contributed by atoms with Gasteiger partial charge < -0.3 is 15.0 Å². The third-order valence-corrected chi connectivity index (χ3v) is 6.19. The van der Waals surface area contributed by atoms with Crippen molar-refractivity contribution < 1.29 is 14.3 Å². The Hall–Kier alpha value is -3.51. The lowest BCUT2D eigenvalue weighted by Gasteiger charge is -2.40. The number of ether oxygens (including phenoxy) is 1. The summed E-state index contributed by atoms with van der Waals surface area (Å²) in [7, 11) is 1.59.